The molecule has 1 aliphatic rings. The van der Waals surface area contributed by atoms with Crippen molar-refractivity contribution in [1.82, 2.24) is 9.88 Å². The predicted octanol–water partition coefficient (Wildman–Crippen LogP) is 3.04. The van der Waals surface area contributed by atoms with E-state index in [1.165, 1.54) is 4.88 Å². The molecule has 0 N–H and O–H groups in total. The number of thiazole rings is 1. The van der Waals surface area contributed by atoms with Crippen LogP contribution in [0.3, 0.4) is 0 Å². The van der Waals surface area contributed by atoms with Crippen molar-refractivity contribution in [3.8, 4) is 16.3 Å². The van der Waals surface area contributed by atoms with Gasteiger partial charge in [0.05, 0.1) is 18.8 Å². The van der Waals surface area contributed by atoms with Gasteiger partial charge in [-0.3, -0.25) is 4.90 Å². The molecule has 0 spiro atoms. The molecule has 1 aromatic carbocycles. The first-order valence-electron chi connectivity index (χ1n) is 7.13. The van der Waals surface area contributed by atoms with Crippen LogP contribution in [-0.2, 0) is 11.3 Å². The van der Waals surface area contributed by atoms with Gasteiger partial charge in [0, 0.05) is 37.8 Å². The Balaban J connectivity index is 1.72. The number of ether oxygens (including phenoxy) is 2. The van der Waals surface area contributed by atoms with Gasteiger partial charge in [0.15, 0.2) is 0 Å². The number of aromatic nitrogens is 1. The molecule has 1 fully saturated rings. The van der Waals surface area contributed by atoms with Crippen LogP contribution in [0, 0.1) is 0 Å². The number of methoxy groups -OCH3 is 2. The topological polar surface area (TPSA) is 34.6 Å². The molecule has 21 heavy (non-hydrogen) atoms. The number of hydrogen-bond acceptors (Lipinski definition) is 5. The molecular formula is C16H20N2O2S. The highest BCUT2D eigenvalue weighted by Gasteiger charge is 2.22. The number of rotatable bonds is 5. The maximum atomic E-state index is 5.41. The zero-order valence-corrected chi connectivity index (χ0v) is 13.2. The molecule has 2 heterocycles. The fourth-order valence-electron chi connectivity index (χ4n) is 2.68. The highest BCUT2D eigenvalue weighted by molar-refractivity contribution is 7.15. The van der Waals surface area contributed by atoms with E-state index in [0.717, 1.165) is 42.4 Å². The van der Waals surface area contributed by atoms with E-state index < -0.39 is 0 Å². The van der Waals surface area contributed by atoms with Crippen molar-refractivity contribution in [1.29, 1.82) is 0 Å². The standard InChI is InChI=1S/C16H20N2O2S/c1-19-12-7-8-18(10-12)11-13-9-17-16(21-13)14-5-3-4-6-15(14)20-2/h3-6,9,12H,7-8,10-11H2,1-2H3/t12-/m0/s1. The van der Waals surface area contributed by atoms with Gasteiger partial charge in [0.1, 0.15) is 10.8 Å². The lowest BCUT2D eigenvalue weighted by molar-refractivity contribution is 0.107. The van der Waals surface area contributed by atoms with Crippen molar-refractivity contribution in [3.05, 3.63) is 35.3 Å². The minimum atomic E-state index is 0.381. The summed E-state index contributed by atoms with van der Waals surface area (Å²) in [7, 11) is 3.49. The number of nitrogens with zero attached hydrogens (tertiary/aromatic N) is 2. The van der Waals surface area contributed by atoms with Crippen molar-refractivity contribution < 1.29 is 9.47 Å². The molecule has 0 bridgehead atoms. The second-order valence-corrected chi connectivity index (χ2v) is 6.33. The van der Waals surface area contributed by atoms with E-state index >= 15 is 0 Å². The van der Waals surface area contributed by atoms with Crippen molar-refractivity contribution in [2.75, 3.05) is 27.3 Å². The predicted molar refractivity (Wildman–Crippen MR) is 84.8 cm³/mol. The van der Waals surface area contributed by atoms with Gasteiger partial charge < -0.3 is 9.47 Å². The molecule has 0 aliphatic carbocycles. The molecule has 0 saturated carbocycles. The van der Waals surface area contributed by atoms with E-state index in [9.17, 15) is 0 Å². The van der Waals surface area contributed by atoms with E-state index in [4.69, 9.17) is 9.47 Å². The van der Waals surface area contributed by atoms with E-state index in [-0.39, 0.29) is 0 Å². The number of benzene rings is 1. The number of likely N-dealkylation sites (tertiary alicyclic amines) is 1. The Morgan fingerprint density at radius 2 is 2.19 bits per heavy atom. The second kappa shape index (κ2) is 6.56. The molecule has 0 radical (unpaired) electrons. The van der Waals surface area contributed by atoms with Gasteiger partial charge in [-0.15, -0.1) is 11.3 Å². The molecule has 1 saturated heterocycles. The molecule has 1 atom stereocenters. The molecule has 3 rings (SSSR count). The summed E-state index contributed by atoms with van der Waals surface area (Å²) in [5, 5.41) is 1.02. The van der Waals surface area contributed by atoms with Gasteiger partial charge in [-0.25, -0.2) is 4.98 Å². The second-order valence-electron chi connectivity index (χ2n) is 5.21. The molecule has 1 aliphatic heterocycles. The summed E-state index contributed by atoms with van der Waals surface area (Å²) >= 11 is 1.74. The Labute approximate surface area is 129 Å². The quantitative estimate of drug-likeness (QED) is 0.850. The van der Waals surface area contributed by atoms with E-state index in [1.807, 2.05) is 24.4 Å². The maximum absolute atomic E-state index is 5.41. The van der Waals surface area contributed by atoms with E-state index in [1.54, 1.807) is 25.6 Å². The summed E-state index contributed by atoms with van der Waals surface area (Å²) < 4.78 is 10.8. The van der Waals surface area contributed by atoms with Crippen LogP contribution in [-0.4, -0.2) is 43.3 Å². The van der Waals surface area contributed by atoms with Crippen LogP contribution in [0.15, 0.2) is 30.5 Å². The van der Waals surface area contributed by atoms with E-state index in [2.05, 4.69) is 16.0 Å². The van der Waals surface area contributed by atoms with Gasteiger partial charge in [-0.2, -0.15) is 0 Å². The van der Waals surface area contributed by atoms with Crippen LogP contribution in [0.1, 0.15) is 11.3 Å². The van der Waals surface area contributed by atoms with Crippen molar-refractivity contribution in [3.63, 3.8) is 0 Å². The zero-order chi connectivity index (χ0) is 14.7. The summed E-state index contributed by atoms with van der Waals surface area (Å²) in [6.45, 7) is 3.06. The average Bonchev–Trinajstić information content (AvgIpc) is 3.17. The number of para-hydroxylation sites is 1. The fraction of sp³-hybridized carbons (Fsp3) is 0.438. The third-order valence-corrected chi connectivity index (χ3v) is 4.85. The fourth-order valence-corrected chi connectivity index (χ4v) is 3.66. The molecule has 0 unspecified atom stereocenters. The van der Waals surface area contributed by atoms with Gasteiger partial charge >= 0.3 is 0 Å². The molecule has 4 nitrogen and oxygen atoms in total. The third-order valence-electron chi connectivity index (χ3n) is 3.83. The Hall–Kier alpha value is -1.43. The monoisotopic (exact) mass is 304 g/mol. The summed E-state index contributed by atoms with van der Waals surface area (Å²) in [5.74, 6) is 0.874. The van der Waals surface area contributed by atoms with Crippen LogP contribution in [0.2, 0.25) is 0 Å². The maximum Gasteiger partial charge on any atom is 0.129 e. The lowest BCUT2D eigenvalue weighted by Crippen LogP contribution is -2.21. The largest absolute Gasteiger partial charge is 0.496 e. The molecular weight excluding hydrogens is 284 g/mol. The van der Waals surface area contributed by atoms with Crippen LogP contribution >= 0.6 is 11.3 Å². The lowest BCUT2D eigenvalue weighted by atomic mass is 10.2. The highest BCUT2D eigenvalue weighted by atomic mass is 32.1. The van der Waals surface area contributed by atoms with Crippen LogP contribution in [0.5, 0.6) is 5.75 Å². The highest BCUT2D eigenvalue weighted by Crippen LogP contribution is 2.33. The first-order valence-corrected chi connectivity index (χ1v) is 7.95. The Morgan fingerprint density at radius 1 is 1.33 bits per heavy atom. The summed E-state index contributed by atoms with van der Waals surface area (Å²) in [6.07, 6.45) is 3.48. The van der Waals surface area contributed by atoms with Gasteiger partial charge in [0.25, 0.3) is 0 Å². The average molecular weight is 304 g/mol. The van der Waals surface area contributed by atoms with Gasteiger partial charge in [-0.1, -0.05) is 12.1 Å². The molecule has 112 valence electrons. The van der Waals surface area contributed by atoms with Crippen LogP contribution in [0.25, 0.3) is 10.6 Å². The minimum Gasteiger partial charge on any atom is -0.496 e. The zero-order valence-electron chi connectivity index (χ0n) is 12.4. The van der Waals surface area contributed by atoms with Crippen molar-refractivity contribution >= 4 is 11.3 Å². The third kappa shape index (κ3) is 3.26. The Kier molecular flexibility index (Phi) is 4.53. The molecule has 5 heteroatoms. The van der Waals surface area contributed by atoms with Crippen LogP contribution in [0.4, 0.5) is 0 Å². The SMILES string of the molecule is COc1ccccc1-c1ncc(CN2CC[C@H](OC)C2)s1. The lowest BCUT2D eigenvalue weighted by Gasteiger charge is -2.13. The van der Waals surface area contributed by atoms with Crippen molar-refractivity contribution in [2.45, 2.75) is 19.1 Å². The Morgan fingerprint density at radius 3 is 2.95 bits per heavy atom. The van der Waals surface area contributed by atoms with E-state index in [0.29, 0.717) is 6.10 Å². The summed E-state index contributed by atoms with van der Waals surface area (Å²) in [5.41, 5.74) is 1.06. The first-order chi connectivity index (χ1) is 10.3. The molecule has 1 aromatic heterocycles. The minimum absolute atomic E-state index is 0.381. The van der Waals surface area contributed by atoms with Crippen molar-refractivity contribution in [2.24, 2.45) is 0 Å². The molecule has 0 amide bonds. The summed E-state index contributed by atoms with van der Waals surface area (Å²) in [4.78, 5) is 8.27. The molecule has 2 aromatic rings. The first kappa shape index (κ1) is 14.5. The van der Waals surface area contributed by atoms with Crippen LogP contribution < -0.4 is 4.74 Å². The van der Waals surface area contributed by atoms with Gasteiger partial charge in [0.2, 0.25) is 0 Å². The summed E-state index contributed by atoms with van der Waals surface area (Å²) in [6, 6.07) is 8.02. The smallest absolute Gasteiger partial charge is 0.129 e. The number of hydrogen-bond donors (Lipinski definition) is 0. The Bertz CT molecular complexity index is 599. The van der Waals surface area contributed by atoms with Gasteiger partial charge in [-0.05, 0) is 18.6 Å². The normalized spacial score (nSPS) is 19.0.